The predicted molar refractivity (Wildman–Crippen MR) is 88.8 cm³/mol. The van der Waals surface area contributed by atoms with Crippen molar-refractivity contribution in [1.82, 2.24) is 9.29 Å². The largest absolute Gasteiger partial charge is 0.468 e. The number of ether oxygens (including phenoxy) is 1. The Kier molecular flexibility index (Phi) is 6.43. The second-order valence-electron chi connectivity index (χ2n) is 5.43. The van der Waals surface area contributed by atoms with Gasteiger partial charge in [-0.15, -0.1) is 0 Å². The first-order valence-corrected chi connectivity index (χ1v) is 9.98. The lowest BCUT2D eigenvalue weighted by atomic mass is 10.2. The van der Waals surface area contributed by atoms with Crippen molar-refractivity contribution in [2.75, 3.05) is 20.2 Å². The summed E-state index contributed by atoms with van der Waals surface area (Å²) in [5.41, 5.74) is 0. The van der Waals surface area contributed by atoms with E-state index in [1.807, 2.05) is 0 Å². The van der Waals surface area contributed by atoms with Crippen LogP contribution in [-0.2, 0) is 19.6 Å². The zero-order chi connectivity index (χ0) is 16.9. The molecule has 2 heterocycles. The van der Waals surface area contributed by atoms with Gasteiger partial charge in [-0.2, -0.15) is 4.31 Å². The second-order valence-corrected chi connectivity index (χ2v) is 8.73. The summed E-state index contributed by atoms with van der Waals surface area (Å²) in [5.74, 6) is -0.335. The highest BCUT2D eigenvalue weighted by Gasteiger charge is 2.25. The minimum atomic E-state index is -3.48. The van der Waals surface area contributed by atoms with Crippen LogP contribution in [0.25, 0.3) is 0 Å². The third-order valence-electron chi connectivity index (χ3n) is 3.74. The molecule has 23 heavy (non-hydrogen) atoms. The quantitative estimate of drug-likeness (QED) is 0.594. The van der Waals surface area contributed by atoms with E-state index in [1.54, 1.807) is 23.4 Å². The van der Waals surface area contributed by atoms with Crippen LogP contribution in [0.5, 0.6) is 0 Å². The maximum atomic E-state index is 12.6. The Morgan fingerprint density at radius 1 is 1.26 bits per heavy atom. The van der Waals surface area contributed by atoms with Gasteiger partial charge in [0.15, 0.2) is 0 Å². The van der Waals surface area contributed by atoms with E-state index in [2.05, 4.69) is 9.72 Å². The molecule has 1 fully saturated rings. The van der Waals surface area contributed by atoms with Gasteiger partial charge in [-0.25, -0.2) is 13.4 Å². The van der Waals surface area contributed by atoms with Gasteiger partial charge >= 0.3 is 5.97 Å². The Morgan fingerprint density at radius 3 is 2.43 bits per heavy atom. The normalized spacial score (nSPS) is 18.2. The molecule has 1 unspecified atom stereocenters. The number of methoxy groups -OCH3 is 1. The monoisotopic (exact) mass is 358 g/mol. The highest BCUT2D eigenvalue weighted by atomic mass is 32.2. The molecular weight excluding hydrogens is 336 g/mol. The first kappa shape index (κ1) is 18.2. The van der Waals surface area contributed by atoms with Gasteiger partial charge in [0.05, 0.1) is 12.1 Å². The maximum Gasteiger partial charge on any atom is 0.318 e. The van der Waals surface area contributed by atoms with Crippen LogP contribution in [0.3, 0.4) is 0 Å². The average Bonchev–Trinajstić information content (AvgIpc) is 2.84. The number of sulfonamides is 1. The highest BCUT2D eigenvalue weighted by molar-refractivity contribution is 8.00. The molecule has 2 rings (SSSR count). The molecule has 8 heteroatoms. The Hall–Kier alpha value is -1.12. The van der Waals surface area contributed by atoms with Crippen LogP contribution in [0, 0.1) is 0 Å². The summed E-state index contributed by atoms with van der Waals surface area (Å²) in [7, 11) is -2.14. The standard InChI is InChI=1S/C15H22N2O4S2/c1-12(15(18)21-2)22-14-8-7-13(11-16-14)23(19,20)17-9-5-3-4-6-10-17/h7-8,11-12H,3-6,9-10H2,1-2H3. The number of rotatable bonds is 5. The number of pyridine rings is 1. The number of thioether (sulfide) groups is 1. The molecule has 0 aromatic carbocycles. The van der Waals surface area contributed by atoms with Crippen LogP contribution in [0.4, 0.5) is 0 Å². The van der Waals surface area contributed by atoms with Crippen molar-refractivity contribution in [1.29, 1.82) is 0 Å². The summed E-state index contributed by atoms with van der Waals surface area (Å²) in [4.78, 5) is 15.8. The van der Waals surface area contributed by atoms with Crippen molar-refractivity contribution in [3.63, 3.8) is 0 Å². The summed E-state index contributed by atoms with van der Waals surface area (Å²) >= 11 is 1.24. The molecule has 1 aliphatic heterocycles. The number of esters is 1. The van der Waals surface area contributed by atoms with Crippen molar-refractivity contribution in [2.45, 2.75) is 47.8 Å². The highest BCUT2D eigenvalue weighted by Crippen LogP contribution is 2.24. The van der Waals surface area contributed by atoms with Crippen LogP contribution >= 0.6 is 11.8 Å². The molecule has 0 bridgehead atoms. The van der Waals surface area contributed by atoms with E-state index in [0.717, 1.165) is 25.7 Å². The van der Waals surface area contributed by atoms with Gasteiger partial charge in [0.25, 0.3) is 0 Å². The minimum Gasteiger partial charge on any atom is -0.468 e. The number of carbonyl (C=O) groups excluding carboxylic acids is 1. The molecule has 0 N–H and O–H groups in total. The minimum absolute atomic E-state index is 0.203. The Labute approximate surface area is 141 Å². The summed E-state index contributed by atoms with van der Waals surface area (Å²) in [6.07, 6.45) is 5.32. The third kappa shape index (κ3) is 4.68. The molecule has 1 aromatic heterocycles. The van der Waals surface area contributed by atoms with Crippen LogP contribution in [0.1, 0.15) is 32.6 Å². The van der Waals surface area contributed by atoms with E-state index in [9.17, 15) is 13.2 Å². The van der Waals surface area contributed by atoms with Crippen LogP contribution in [0.15, 0.2) is 28.3 Å². The van der Waals surface area contributed by atoms with Crippen molar-refractivity contribution < 1.29 is 17.9 Å². The van der Waals surface area contributed by atoms with Crippen molar-refractivity contribution >= 4 is 27.8 Å². The second kappa shape index (κ2) is 8.12. The molecular formula is C15H22N2O4S2. The lowest BCUT2D eigenvalue weighted by molar-refractivity contribution is -0.139. The summed E-state index contributed by atoms with van der Waals surface area (Å²) in [5, 5.41) is 0.207. The lowest BCUT2D eigenvalue weighted by Gasteiger charge is -2.19. The van der Waals surface area contributed by atoms with E-state index < -0.39 is 10.0 Å². The smallest absolute Gasteiger partial charge is 0.318 e. The third-order valence-corrected chi connectivity index (χ3v) is 6.65. The predicted octanol–water partition coefficient (Wildman–Crippen LogP) is 2.30. The molecule has 0 saturated carbocycles. The number of carbonyl (C=O) groups is 1. The van der Waals surface area contributed by atoms with Gasteiger partial charge in [-0.05, 0) is 31.9 Å². The lowest BCUT2D eigenvalue weighted by Crippen LogP contribution is -2.32. The molecule has 1 aliphatic rings. The van der Waals surface area contributed by atoms with Crippen LogP contribution in [-0.4, -0.2) is 49.1 Å². The fraction of sp³-hybridized carbons (Fsp3) is 0.600. The molecule has 0 spiro atoms. The number of aromatic nitrogens is 1. The van der Waals surface area contributed by atoms with E-state index in [4.69, 9.17) is 0 Å². The summed E-state index contributed by atoms with van der Waals surface area (Å²) in [6, 6.07) is 3.19. The Balaban J connectivity index is 2.10. The van der Waals surface area contributed by atoms with Gasteiger partial charge in [0, 0.05) is 19.3 Å². The summed E-state index contributed by atoms with van der Waals surface area (Å²) < 4.78 is 31.5. The SMILES string of the molecule is COC(=O)C(C)Sc1ccc(S(=O)(=O)N2CCCCCC2)cn1. The van der Waals surface area contributed by atoms with E-state index in [-0.39, 0.29) is 16.1 Å². The first-order valence-electron chi connectivity index (χ1n) is 7.66. The summed E-state index contributed by atoms with van der Waals surface area (Å²) in [6.45, 7) is 2.86. The first-order chi connectivity index (χ1) is 10.9. The molecule has 1 saturated heterocycles. The maximum absolute atomic E-state index is 12.6. The molecule has 0 amide bonds. The zero-order valence-corrected chi connectivity index (χ0v) is 15.0. The zero-order valence-electron chi connectivity index (χ0n) is 13.4. The van der Waals surface area contributed by atoms with Crippen molar-refractivity contribution in [2.24, 2.45) is 0 Å². The molecule has 1 aromatic rings. The van der Waals surface area contributed by atoms with Crippen LogP contribution < -0.4 is 0 Å². The van der Waals surface area contributed by atoms with Crippen LogP contribution in [0.2, 0.25) is 0 Å². The number of nitrogens with zero attached hydrogens (tertiary/aromatic N) is 2. The van der Waals surface area contributed by atoms with Gasteiger partial charge in [0.2, 0.25) is 10.0 Å². The van der Waals surface area contributed by atoms with Gasteiger partial charge in [-0.1, -0.05) is 24.6 Å². The van der Waals surface area contributed by atoms with Gasteiger partial charge < -0.3 is 4.74 Å². The Morgan fingerprint density at radius 2 is 1.91 bits per heavy atom. The topological polar surface area (TPSA) is 76.6 Å². The van der Waals surface area contributed by atoms with Gasteiger partial charge in [0.1, 0.15) is 10.1 Å². The molecule has 128 valence electrons. The van der Waals surface area contributed by atoms with E-state index in [0.29, 0.717) is 18.1 Å². The number of hydrogen-bond acceptors (Lipinski definition) is 6. The molecule has 6 nitrogen and oxygen atoms in total. The molecule has 0 aliphatic carbocycles. The fourth-order valence-corrected chi connectivity index (χ4v) is 4.69. The average molecular weight is 358 g/mol. The van der Waals surface area contributed by atoms with Crippen molar-refractivity contribution in [3.05, 3.63) is 18.3 Å². The molecule has 1 atom stereocenters. The van der Waals surface area contributed by atoms with Gasteiger partial charge in [-0.3, -0.25) is 4.79 Å². The Bertz CT molecular complexity index is 623. The van der Waals surface area contributed by atoms with Crippen molar-refractivity contribution in [3.8, 4) is 0 Å². The fourth-order valence-electron chi connectivity index (χ4n) is 2.42. The molecule has 0 radical (unpaired) electrons. The van der Waals surface area contributed by atoms with E-state index >= 15 is 0 Å². The van der Waals surface area contributed by atoms with E-state index in [1.165, 1.54) is 25.1 Å². The number of hydrogen-bond donors (Lipinski definition) is 0.